The number of carbonyl (C=O) groups excluding carboxylic acids is 1. The van der Waals surface area contributed by atoms with Gasteiger partial charge in [0.05, 0.1) is 17.1 Å². The molecule has 7 heteroatoms. The van der Waals surface area contributed by atoms with Crippen molar-refractivity contribution in [1.82, 2.24) is 14.8 Å². The second kappa shape index (κ2) is 7.18. The van der Waals surface area contributed by atoms with Crippen molar-refractivity contribution in [3.63, 3.8) is 0 Å². The number of rotatable bonds is 3. The van der Waals surface area contributed by atoms with Gasteiger partial charge >= 0.3 is 0 Å². The zero-order valence-corrected chi connectivity index (χ0v) is 15.1. The van der Waals surface area contributed by atoms with E-state index in [0.29, 0.717) is 28.7 Å². The zero-order valence-electron chi connectivity index (χ0n) is 12.8. The van der Waals surface area contributed by atoms with Gasteiger partial charge in [-0.2, -0.15) is 0 Å². The van der Waals surface area contributed by atoms with Crippen LogP contribution >= 0.6 is 34.5 Å². The summed E-state index contributed by atoms with van der Waals surface area (Å²) in [6.07, 6.45) is 0. The summed E-state index contributed by atoms with van der Waals surface area (Å²) < 4.78 is 0. The van der Waals surface area contributed by atoms with Crippen LogP contribution in [0.5, 0.6) is 0 Å². The number of aryl methyl sites for hydroxylation is 1. The summed E-state index contributed by atoms with van der Waals surface area (Å²) >= 11 is 13.7. The molecule has 1 aliphatic heterocycles. The molecule has 2 heterocycles. The molecule has 0 unspecified atom stereocenters. The van der Waals surface area contributed by atoms with Crippen LogP contribution in [0.2, 0.25) is 10.0 Å². The zero-order chi connectivity index (χ0) is 16.4. The summed E-state index contributed by atoms with van der Waals surface area (Å²) in [6.45, 7) is 5.93. The van der Waals surface area contributed by atoms with Crippen molar-refractivity contribution in [2.45, 2.75) is 13.5 Å². The maximum atomic E-state index is 12.6. The lowest BCUT2D eigenvalue weighted by molar-refractivity contribution is 0.0628. The van der Waals surface area contributed by atoms with E-state index >= 15 is 0 Å². The van der Waals surface area contributed by atoms with E-state index < -0.39 is 0 Å². The molecule has 0 atom stereocenters. The maximum Gasteiger partial charge on any atom is 0.255 e. The summed E-state index contributed by atoms with van der Waals surface area (Å²) in [5, 5.41) is 4.14. The number of benzene rings is 1. The van der Waals surface area contributed by atoms with E-state index in [1.165, 1.54) is 0 Å². The Morgan fingerprint density at radius 1 is 1.26 bits per heavy atom. The molecule has 0 spiro atoms. The Labute approximate surface area is 149 Å². The third kappa shape index (κ3) is 4.04. The number of thiazole rings is 1. The Hall–Kier alpha value is -1.14. The van der Waals surface area contributed by atoms with Crippen molar-refractivity contribution in [3.05, 3.63) is 49.9 Å². The molecule has 4 nitrogen and oxygen atoms in total. The van der Waals surface area contributed by atoms with E-state index in [2.05, 4.69) is 15.3 Å². The van der Waals surface area contributed by atoms with Crippen molar-refractivity contribution >= 4 is 40.4 Å². The predicted octanol–water partition coefficient (Wildman–Crippen LogP) is 3.72. The summed E-state index contributed by atoms with van der Waals surface area (Å²) in [7, 11) is 0. The molecule has 1 aliphatic rings. The van der Waals surface area contributed by atoms with E-state index in [4.69, 9.17) is 23.2 Å². The second-order valence-corrected chi connectivity index (χ2v) is 7.36. The number of hydrogen-bond donors (Lipinski definition) is 0. The Morgan fingerprint density at radius 2 is 2.00 bits per heavy atom. The molecule has 0 saturated carbocycles. The third-order valence-electron chi connectivity index (χ3n) is 3.85. The minimum absolute atomic E-state index is 0.0311. The smallest absolute Gasteiger partial charge is 0.255 e. The van der Waals surface area contributed by atoms with Crippen molar-refractivity contribution in [2.24, 2.45) is 0 Å². The average Bonchev–Trinajstić information content (AvgIpc) is 2.92. The summed E-state index contributed by atoms with van der Waals surface area (Å²) in [5.74, 6) is -0.0311. The molecule has 0 aliphatic carbocycles. The van der Waals surface area contributed by atoms with Gasteiger partial charge in [0.25, 0.3) is 5.91 Å². The highest BCUT2D eigenvalue weighted by Gasteiger charge is 2.24. The molecule has 2 aromatic rings. The first-order chi connectivity index (χ1) is 11.0. The summed E-state index contributed by atoms with van der Waals surface area (Å²) in [6, 6.07) is 5.00. The average molecular weight is 370 g/mol. The second-order valence-electron chi connectivity index (χ2n) is 5.58. The summed E-state index contributed by atoms with van der Waals surface area (Å²) in [4.78, 5) is 21.2. The lowest BCUT2D eigenvalue weighted by atomic mass is 10.2. The number of carbonyl (C=O) groups is 1. The number of hydrogen-bond acceptors (Lipinski definition) is 4. The number of nitrogens with zero attached hydrogens (tertiary/aromatic N) is 3. The topological polar surface area (TPSA) is 36.4 Å². The molecule has 0 radical (unpaired) electrons. The van der Waals surface area contributed by atoms with Crippen LogP contribution < -0.4 is 0 Å². The van der Waals surface area contributed by atoms with Gasteiger partial charge in [0.1, 0.15) is 5.01 Å². The highest BCUT2D eigenvalue weighted by Crippen LogP contribution is 2.23. The first-order valence-corrected chi connectivity index (χ1v) is 9.04. The van der Waals surface area contributed by atoms with Crippen LogP contribution in [-0.4, -0.2) is 46.9 Å². The molecule has 1 saturated heterocycles. The normalized spacial score (nSPS) is 15.9. The van der Waals surface area contributed by atoms with Crippen LogP contribution in [0.1, 0.15) is 21.1 Å². The number of piperazine rings is 1. The lowest BCUT2D eigenvalue weighted by Crippen LogP contribution is -2.48. The van der Waals surface area contributed by atoms with Crippen LogP contribution in [0, 0.1) is 6.92 Å². The standard InChI is InChI=1S/C16H17Cl2N3OS/c1-11-10-23-15(19-11)9-20-4-6-21(7-5-20)16(22)13-3-2-12(17)8-14(13)18/h2-3,8,10H,4-7,9H2,1H3. The van der Waals surface area contributed by atoms with E-state index in [1.807, 2.05) is 11.8 Å². The molecule has 23 heavy (non-hydrogen) atoms. The van der Waals surface area contributed by atoms with Crippen LogP contribution in [0.25, 0.3) is 0 Å². The van der Waals surface area contributed by atoms with Crippen LogP contribution in [0.4, 0.5) is 0 Å². The monoisotopic (exact) mass is 369 g/mol. The third-order valence-corrected chi connectivity index (χ3v) is 5.35. The number of amides is 1. The number of aromatic nitrogens is 1. The fourth-order valence-corrected chi connectivity index (χ4v) is 3.91. The SMILES string of the molecule is Cc1csc(CN2CCN(C(=O)c3ccc(Cl)cc3Cl)CC2)n1. The fourth-order valence-electron chi connectivity index (χ4n) is 2.61. The van der Waals surface area contributed by atoms with Gasteiger partial charge in [0.2, 0.25) is 0 Å². The van der Waals surface area contributed by atoms with Crippen molar-refractivity contribution in [2.75, 3.05) is 26.2 Å². The van der Waals surface area contributed by atoms with Crippen LogP contribution in [0.3, 0.4) is 0 Å². The first kappa shape index (κ1) is 16.7. The molecule has 3 rings (SSSR count). The molecular weight excluding hydrogens is 353 g/mol. The van der Waals surface area contributed by atoms with Gasteiger partial charge in [-0.05, 0) is 25.1 Å². The largest absolute Gasteiger partial charge is 0.336 e. The Kier molecular flexibility index (Phi) is 5.21. The van der Waals surface area contributed by atoms with Gasteiger partial charge in [-0.15, -0.1) is 11.3 Å². The quantitative estimate of drug-likeness (QED) is 0.826. The Bertz CT molecular complexity index is 711. The van der Waals surface area contributed by atoms with Gasteiger partial charge in [-0.3, -0.25) is 9.69 Å². The molecule has 0 N–H and O–H groups in total. The minimum atomic E-state index is -0.0311. The Balaban J connectivity index is 1.59. The van der Waals surface area contributed by atoms with Crippen molar-refractivity contribution < 1.29 is 4.79 Å². The molecule has 1 aromatic carbocycles. The predicted molar refractivity (Wildman–Crippen MR) is 94.5 cm³/mol. The minimum Gasteiger partial charge on any atom is -0.336 e. The van der Waals surface area contributed by atoms with Gasteiger partial charge < -0.3 is 4.90 Å². The van der Waals surface area contributed by atoms with Crippen LogP contribution in [-0.2, 0) is 6.54 Å². The van der Waals surface area contributed by atoms with Gasteiger partial charge in [-0.1, -0.05) is 23.2 Å². The molecule has 122 valence electrons. The highest BCUT2D eigenvalue weighted by molar-refractivity contribution is 7.09. The van der Waals surface area contributed by atoms with Gasteiger partial charge in [0.15, 0.2) is 0 Å². The van der Waals surface area contributed by atoms with Gasteiger partial charge in [-0.25, -0.2) is 4.98 Å². The highest BCUT2D eigenvalue weighted by atomic mass is 35.5. The maximum absolute atomic E-state index is 12.6. The molecular formula is C16H17Cl2N3OS. The molecule has 1 amide bonds. The molecule has 1 fully saturated rings. The summed E-state index contributed by atoms with van der Waals surface area (Å²) in [5.41, 5.74) is 1.58. The van der Waals surface area contributed by atoms with E-state index in [1.54, 1.807) is 29.5 Å². The van der Waals surface area contributed by atoms with E-state index in [9.17, 15) is 4.79 Å². The van der Waals surface area contributed by atoms with E-state index in [-0.39, 0.29) is 5.91 Å². The molecule has 1 aromatic heterocycles. The van der Waals surface area contributed by atoms with Gasteiger partial charge in [0, 0.05) is 42.3 Å². The van der Waals surface area contributed by atoms with E-state index in [0.717, 1.165) is 30.3 Å². The Morgan fingerprint density at radius 3 is 2.61 bits per heavy atom. The first-order valence-electron chi connectivity index (χ1n) is 7.40. The van der Waals surface area contributed by atoms with Crippen molar-refractivity contribution in [1.29, 1.82) is 0 Å². The van der Waals surface area contributed by atoms with Crippen molar-refractivity contribution in [3.8, 4) is 0 Å². The lowest BCUT2D eigenvalue weighted by Gasteiger charge is -2.34. The molecule has 0 bridgehead atoms. The fraction of sp³-hybridized carbons (Fsp3) is 0.375. The van der Waals surface area contributed by atoms with Crippen LogP contribution in [0.15, 0.2) is 23.6 Å². The number of halogens is 2.